The molecule has 1 aliphatic carbocycles. The summed E-state index contributed by atoms with van der Waals surface area (Å²) in [6.45, 7) is 9.91. The number of carbonyl (C=O) groups is 1. The number of carbonyl (C=O) groups excluding carboxylic acids is 1. The number of nitrogens with zero attached hydrogens (tertiary/aromatic N) is 4. The van der Waals surface area contributed by atoms with Crippen LogP contribution in [0.5, 0.6) is 0 Å². The molecule has 2 N–H and O–H groups in total. The number of rotatable bonds is 6. The van der Waals surface area contributed by atoms with Gasteiger partial charge in [-0.3, -0.25) is 4.68 Å². The number of ether oxygens (including phenoxy) is 1. The molecule has 35 heavy (non-hydrogen) atoms. The molecular weight excluding hydrogens is 440 g/mol. The van der Waals surface area contributed by atoms with Crippen LogP contribution in [0.2, 0.25) is 0 Å². The average Bonchev–Trinajstić information content (AvgIpc) is 3.19. The van der Waals surface area contributed by atoms with Gasteiger partial charge in [-0.2, -0.15) is 5.10 Å². The van der Waals surface area contributed by atoms with E-state index in [1.807, 2.05) is 38.7 Å². The van der Waals surface area contributed by atoms with E-state index >= 15 is 0 Å². The van der Waals surface area contributed by atoms with Crippen molar-refractivity contribution in [3.05, 3.63) is 35.7 Å². The number of alkyl carbamates (subject to hydrolysis) is 1. The first kappa shape index (κ1) is 24.9. The van der Waals surface area contributed by atoms with Gasteiger partial charge in [0.2, 0.25) is 5.95 Å². The van der Waals surface area contributed by atoms with Gasteiger partial charge in [0.25, 0.3) is 0 Å². The van der Waals surface area contributed by atoms with Gasteiger partial charge in [-0.15, -0.1) is 0 Å². The Hall–Kier alpha value is -3.16. The molecule has 8 heteroatoms. The molecule has 0 atom stereocenters. The fourth-order valence-electron chi connectivity index (χ4n) is 4.71. The molecule has 0 radical (unpaired) electrons. The number of amides is 1. The zero-order valence-corrected chi connectivity index (χ0v) is 21.8. The van der Waals surface area contributed by atoms with Crippen LogP contribution in [0.3, 0.4) is 0 Å². The molecule has 2 heterocycles. The van der Waals surface area contributed by atoms with Crippen molar-refractivity contribution in [2.24, 2.45) is 7.05 Å². The first-order valence-corrected chi connectivity index (χ1v) is 12.7. The number of hydrogen-bond donors (Lipinski definition) is 2. The molecular formula is C27H38N6O2. The number of aryl methyl sites for hydroxylation is 3. The molecule has 2 aromatic heterocycles. The fraction of sp³-hybridized carbons (Fsp3) is 0.556. The molecule has 3 aromatic rings. The molecule has 1 amide bonds. The highest BCUT2D eigenvalue weighted by atomic mass is 16.6. The second-order valence-electron chi connectivity index (χ2n) is 10.5. The van der Waals surface area contributed by atoms with Crippen LogP contribution < -0.4 is 10.6 Å². The van der Waals surface area contributed by atoms with Crippen molar-refractivity contribution in [3.63, 3.8) is 0 Å². The van der Waals surface area contributed by atoms with E-state index in [4.69, 9.17) is 9.72 Å². The Morgan fingerprint density at radius 1 is 1.09 bits per heavy atom. The van der Waals surface area contributed by atoms with E-state index < -0.39 is 5.60 Å². The summed E-state index contributed by atoms with van der Waals surface area (Å²) in [6.07, 6.45) is 7.08. The summed E-state index contributed by atoms with van der Waals surface area (Å²) in [4.78, 5) is 21.6. The second-order valence-corrected chi connectivity index (χ2v) is 10.5. The number of hydrogen-bond acceptors (Lipinski definition) is 6. The molecule has 0 spiro atoms. The molecule has 0 saturated heterocycles. The molecule has 188 valence electrons. The van der Waals surface area contributed by atoms with E-state index in [9.17, 15) is 4.79 Å². The van der Waals surface area contributed by atoms with Crippen LogP contribution in [0.4, 0.5) is 10.7 Å². The molecule has 1 aromatic carbocycles. The zero-order valence-electron chi connectivity index (χ0n) is 21.8. The van der Waals surface area contributed by atoms with Crippen molar-refractivity contribution in [2.45, 2.75) is 90.8 Å². The van der Waals surface area contributed by atoms with E-state index in [-0.39, 0.29) is 18.2 Å². The zero-order chi connectivity index (χ0) is 25.2. The van der Waals surface area contributed by atoms with Crippen LogP contribution in [0.15, 0.2) is 24.4 Å². The smallest absolute Gasteiger partial charge is 0.407 e. The standard InChI is InChI=1S/C27H38N6O2/c1-7-17-13-18(23-15-20(8-2)32-33(23)6)14-19-16-28-25(31-24(17)19)29-21-9-11-22(12-10-21)30-26(34)35-27(3,4)5/h13-16,21-22H,7-12H2,1-6H3,(H,30,34)(H,28,29,31). The summed E-state index contributed by atoms with van der Waals surface area (Å²) in [5, 5.41) is 12.2. The van der Waals surface area contributed by atoms with Crippen molar-refractivity contribution in [1.29, 1.82) is 0 Å². The van der Waals surface area contributed by atoms with E-state index in [2.05, 4.69) is 52.8 Å². The summed E-state index contributed by atoms with van der Waals surface area (Å²) in [7, 11) is 1.99. The topological polar surface area (TPSA) is 94.0 Å². The maximum atomic E-state index is 12.1. The van der Waals surface area contributed by atoms with Crippen LogP contribution in [-0.2, 0) is 24.6 Å². The Bertz CT molecular complexity index is 1190. The highest BCUT2D eigenvalue weighted by molar-refractivity contribution is 5.87. The van der Waals surface area contributed by atoms with Gasteiger partial charge >= 0.3 is 6.09 Å². The predicted octanol–water partition coefficient (Wildman–Crippen LogP) is 5.40. The minimum atomic E-state index is -0.482. The van der Waals surface area contributed by atoms with Crippen molar-refractivity contribution in [3.8, 4) is 11.3 Å². The molecule has 0 unspecified atom stereocenters. The van der Waals surface area contributed by atoms with Gasteiger partial charge in [0.05, 0.1) is 16.9 Å². The third kappa shape index (κ3) is 6.10. The SMILES string of the molecule is CCc1cc(-c2cc(CC)c3nc(NC4CCC(NC(=O)OC(C)(C)C)CC4)ncc3c2)n(C)n1. The third-order valence-electron chi connectivity index (χ3n) is 6.51. The van der Waals surface area contributed by atoms with Gasteiger partial charge in [0.15, 0.2) is 0 Å². The van der Waals surface area contributed by atoms with Gasteiger partial charge in [0.1, 0.15) is 5.60 Å². The number of aromatic nitrogens is 4. The first-order chi connectivity index (χ1) is 16.6. The largest absolute Gasteiger partial charge is 0.444 e. The van der Waals surface area contributed by atoms with E-state index in [1.165, 1.54) is 5.56 Å². The highest BCUT2D eigenvalue weighted by Gasteiger charge is 2.25. The van der Waals surface area contributed by atoms with E-state index in [0.29, 0.717) is 5.95 Å². The molecule has 0 bridgehead atoms. The Balaban J connectivity index is 1.44. The van der Waals surface area contributed by atoms with E-state index in [1.54, 1.807) is 0 Å². The number of nitrogens with one attached hydrogen (secondary N) is 2. The number of fused-ring (bicyclic) bond motifs is 1. The first-order valence-electron chi connectivity index (χ1n) is 12.7. The van der Waals surface area contributed by atoms with Crippen LogP contribution in [0, 0.1) is 0 Å². The summed E-state index contributed by atoms with van der Waals surface area (Å²) in [5.74, 6) is 0.664. The Morgan fingerprint density at radius 2 is 1.80 bits per heavy atom. The molecule has 1 saturated carbocycles. The normalized spacial score (nSPS) is 18.5. The quantitative estimate of drug-likeness (QED) is 0.492. The van der Waals surface area contributed by atoms with Crippen LogP contribution in [0.1, 0.15) is 71.6 Å². The lowest BCUT2D eigenvalue weighted by atomic mass is 9.91. The second kappa shape index (κ2) is 10.2. The van der Waals surface area contributed by atoms with Crippen LogP contribution in [-0.4, -0.2) is 43.5 Å². The Kier molecular flexibility index (Phi) is 7.28. The maximum absolute atomic E-state index is 12.1. The van der Waals surface area contributed by atoms with Gasteiger partial charge in [-0.25, -0.2) is 14.8 Å². The molecule has 4 rings (SSSR count). The van der Waals surface area contributed by atoms with Gasteiger partial charge in [-0.1, -0.05) is 13.8 Å². The highest BCUT2D eigenvalue weighted by Crippen LogP contribution is 2.29. The lowest BCUT2D eigenvalue weighted by molar-refractivity contribution is 0.0492. The van der Waals surface area contributed by atoms with Crippen LogP contribution in [0.25, 0.3) is 22.2 Å². The summed E-state index contributed by atoms with van der Waals surface area (Å²) in [5.41, 5.74) is 5.05. The molecule has 0 aliphatic heterocycles. The summed E-state index contributed by atoms with van der Waals surface area (Å²) in [6, 6.07) is 6.97. The van der Waals surface area contributed by atoms with Gasteiger partial charge in [-0.05, 0) is 83.1 Å². The fourth-order valence-corrected chi connectivity index (χ4v) is 4.71. The minimum absolute atomic E-state index is 0.144. The predicted molar refractivity (Wildman–Crippen MR) is 140 cm³/mol. The molecule has 8 nitrogen and oxygen atoms in total. The molecule has 1 fully saturated rings. The van der Waals surface area contributed by atoms with Crippen molar-refractivity contribution in [1.82, 2.24) is 25.1 Å². The lowest BCUT2D eigenvalue weighted by Crippen LogP contribution is -2.42. The third-order valence-corrected chi connectivity index (χ3v) is 6.51. The van der Waals surface area contributed by atoms with Gasteiger partial charge in [0, 0.05) is 36.3 Å². The summed E-state index contributed by atoms with van der Waals surface area (Å²) >= 11 is 0. The minimum Gasteiger partial charge on any atom is -0.444 e. The number of benzene rings is 1. The number of anilines is 1. The molecule has 1 aliphatic rings. The average molecular weight is 479 g/mol. The lowest BCUT2D eigenvalue weighted by Gasteiger charge is -2.30. The Morgan fingerprint density at radius 3 is 2.43 bits per heavy atom. The van der Waals surface area contributed by atoms with Crippen LogP contribution >= 0.6 is 0 Å². The van der Waals surface area contributed by atoms with Gasteiger partial charge < -0.3 is 15.4 Å². The van der Waals surface area contributed by atoms with Crippen molar-refractivity contribution in [2.75, 3.05) is 5.32 Å². The summed E-state index contributed by atoms with van der Waals surface area (Å²) < 4.78 is 7.33. The van der Waals surface area contributed by atoms with Crippen molar-refractivity contribution >= 4 is 22.9 Å². The maximum Gasteiger partial charge on any atom is 0.407 e. The monoisotopic (exact) mass is 478 g/mol. The van der Waals surface area contributed by atoms with E-state index in [0.717, 1.165) is 66.4 Å². The Labute approximate surface area is 207 Å². The van der Waals surface area contributed by atoms with Crippen molar-refractivity contribution < 1.29 is 9.53 Å².